The maximum atomic E-state index is 15.9. The molecule has 6 aliphatic heterocycles. The maximum Gasteiger partial charge on any atom is 0.276 e. The van der Waals surface area contributed by atoms with Crippen LogP contribution in [0.25, 0.3) is 10.8 Å². The van der Waals surface area contributed by atoms with Crippen molar-refractivity contribution in [3.8, 4) is 5.75 Å². The molecule has 0 saturated carbocycles. The zero-order chi connectivity index (χ0) is 29.8. The molecule has 1 aromatic heterocycles. The van der Waals surface area contributed by atoms with Gasteiger partial charge in [0.2, 0.25) is 0 Å². The number of hydrogen-bond acceptors (Lipinski definition) is 6. The third-order valence-electron chi connectivity index (χ3n) is 9.84. The van der Waals surface area contributed by atoms with Gasteiger partial charge in [0.15, 0.2) is 5.82 Å². The average Bonchev–Trinajstić information content (AvgIpc) is 3.03. The summed E-state index contributed by atoms with van der Waals surface area (Å²) < 4.78 is 38.2. The molecule has 0 aliphatic carbocycles. The summed E-state index contributed by atoms with van der Waals surface area (Å²) in [4.78, 5) is 4.82. The van der Waals surface area contributed by atoms with Gasteiger partial charge >= 0.3 is 0 Å². The van der Waals surface area contributed by atoms with Crippen LogP contribution in [0.4, 0.5) is 20.3 Å². The number of nitrogens with one attached hydrogen (secondary N) is 1. The Labute approximate surface area is 255 Å². The number of alkyl halides is 2. The molecule has 43 heavy (non-hydrogen) atoms. The first-order valence-corrected chi connectivity index (χ1v) is 16.6. The Bertz CT molecular complexity index is 1380. The van der Waals surface area contributed by atoms with Gasteiger partial charge in [-0.1, -0.05) is 37.5 Å². The SMILES string of the molecule is Cc1nnc2c3cc(N4CCCCC4)c(cc13)OCCCCCCCN1CCC(CC1)C(F)(F)c1cccc(c1)[C@@H](C)N2. The number of ether oxygens (including phenoxy) is 1. The van der Waals surface area contributed by atoms with Crippen LogP contribution in [0.2, 0.25) is 0 Å². The molecule has 6 nitrogen and oxygen atoms in total. The summed E-state index contributed by atoms with van der Waals surface area (Å²) >= 11 is 0. The van der Waals surface area contributed by atoms with E-state index in [0.29, 0.717) is 25.3 Å². The Morgan fingerprint density at radius 3 is 2.37 bits per heavy atom. The Kier molecular flexibility index (Phi) is 9.31. The van der Waals surface area contributed by atoms with Gasteiger partial charge in [-0.2, -0.15) is 5.10 Å². The van der Waals surface area contributed by atoms with Crippen molar-refractivity contribution >= 4 is 22.3 Å². The number of benzene rings is 2. The maximum absolute atomic E-state index is 15.9. The Hall–Kier alpha value is -3.00. The number of piperidine rings is 2. The summed E-state index contributed by atoms with van der Waals surface area (Å²) in [5.41, 5.74) is 2.89. The van der Waals surface area contributed by atoms with Crippen LogP contribution in [0, 0.1) is 12.8 Å². The highest BCUT2D eigenvalue weighted by Crippen LogP contribution is 2.43. The van der Waals surface area contributed by atoms with Gasteiger partial charge in [0, 0.05) is 35.3 Å². The zero-order valence-electron chi connectivity index (χ0n) is 25.9. The number of nitrogens with zero attached hydrogens (tertiary/aromatic N) is 4. The third kappa shape index (κ3) is 6.74. The standard InChI is InChI=1S/C35H47F2N5O/c1-25-27-12-11-13-29(22-27)35(36,37)28-14-19-41(20-15-28)16-7-4-3-5-10-21-43-33-24-30-26(2)39-40-34(38-25)31(30)23-32(33)42-17-8-6-9-18-42/h11-13,22-25,28H,3-10,14-21H2,1-2H3,(H,38,40)/t25-/m1/s1. The van der Waals surface area contributed by atoms with E-state index in [9.17, 15) is 0 Å². The Morgan fingerprint density at radius 2 is 1.56 bits per heavy atom. The van der Waals surface area contributed by atoms with Crippen LogP contribution in [0.15, 0.2) is 36.4 Å². The van der Waals surface area contributed by atoms with Crippen molar-refractivity contribution in [2.24, 2.45) is 5.92 Å². The first-order valence-electron chi connectivity index (χ1n) is 16.6. The van der Waals surface area contributed by atoms with Crippen LogP contribution in [-0.4, -0.2) is 54.4 Å². The van der Waals surface area contributed by atoms with E-state index in [1.807, 2.05) is 19.9 Å². The number of rotatable bonds is 1. The minimum absolute atomic E-state index is 0.115. The van der Waals surface area contributed by atoms with Crippen LogP contribution in [0.3, 0.4) is 0 Å². The normalized spacial score (nSPS) is 25.4. The molecule has 6 aliphatic rings. The number of anilines is 2. The Morgan fingerprint density at radius 1 is 0.837 bits per heavy atom. The molecular formula is C35H47F2N5O. The van der Waals surface area contributed by atoms with Gasteiger partial charge in [0.1, 0.15) is 5.75 Å². The minimum Gasteiger partial charge on any atom is -0.491 e. The highest BCUT2D eigenvalue weighted by molar-refractivity contribution is 5.97. The van der Waals surface area contributed by atoms with Crippen LogP contribution in [-0.2, 0) is 5.92 Å². The molecule has 0 spiro atoms. The number of halogens is 2. The number of aryl methyl sites for hydroxylation is 1. The molecule has 0 amide bonds. The zero-order valence-corrected chi connectivity index (χ0v) is 25.9. The monoisotopic (exact) mass is 591 g/mol. The molecule has 2 aromatic carbocycles. The summed E-state index contributed by atoms with van der Waals surface area (Å²) in [6.07, 6.45) is 10.3. The van der Waals surface area contributed by atoms with E-state index in [1.54, 1.807) is 18.2 Å². The van der Waals surface area contributed by atoms with E-state index in [4.69, 9.17) is 4.74 Å². The van der Waals surface area contributed by atoms with Crippen LogP contribution >= 0.6 is 0 Å². The van der Waals surface area contributed by atoms with Gasteiger partial charge < -0.3 is 19.9 Å². The summed E-state index contributed by atoms with van der Waals surface area (Å²) in [6.45, 7) is 9.23. The van der Waals surface area contributed by atoms with Gasteiger partial charge in [-0.05, 0) is 102 Å². The molecule has 232 valence electrons. The predicted molar refractivity (Wildman–Crippen MR) is 170 cm³/mol. The fraction of sp³-hybridized carbons (Fsp3) is 0.600. The Balaban J connectivity index is 1.35. The van der Waals surface area contributed by atoms with Crippen molar-refractivity contribution in [2.45, 2.75) is 90.0 Å². The van der Waals surface area contributed by atoms with E-state index in [0.717, 1.165) is 85.5 Å². The first-order chi connectivity index (χ1) is 20.9. The lowest BCUT2D eigenvalue weighted by atomic mass is 9.85. The molecule has 0 radical (unpaired) electrons. The first kappa shape index (κ1) is 30.0. The van der Waals surface area contributed by atoms with Crippen molar-refractivity contribution in [1.82, 2.24) is 15.1 Å². The van der Waals surface area contributed by atoms with E-state index < -0.39 is 11.8 Å². The summed E-state index contributed by atoms with van der Waals surface area (Å²) in [7, 11) is 0. The van der Waals surface area contributed by atoms with Crippen LogP contribution < -0.4 is 15.0 Å². The molecule has 8 heteroatoms. The molecule has 1 N–H and O–H groups in total. The van der Waals surface area contributed by atoms with Gasteiger partial charge in [0.05, 0.1) is 24.0 Å². The summed E-state index contributed by atoms with van der Waals surface area (Å²) in [6, 6.07) is 11.1. The minimum atomic E-state index is -2.85. The summed E-state index contributed by atoms with van der Waals surface area (Å²) in [5, 5.41) is 14.6. The number of hydrogen-bond donors (Lipinski definition) is 1. The molecule has 2 saturated heterocycles. The van der Waals surface area contributed by atoms with Crippen molar-refractivity contribution in [3.05, 3.63) is 53.2 Å². The van der Waals surface area contributed by atoms with Gasteiger partial charge in [-0.25, -0.2) is 8.78 Å². The van der Waals surface area contributed by atoms with Crippen molar-refractivity contribution in [3.63, 3.8) is 0 Å². The van der Waals surface area contributed by atoms with Crippen LogP contribution in [0.5, 0.6) is 5.75 Å². The quantitative estimate of drug-likeness (QED) is 0.308. The molecule has 8 bridgehead atoms. The van der Waals surface area contributed by atoms with E-state index in [2.05, 4.69) is 37.4 Å². The second kappa shape index (κ2) is 13.3. The second-order valence-corrected chi connectivity index (χ2v) is 12.9. The van der Waals surface area contributed by atoms with E-state index in [-0.39, 0.29) is 11.6 Å². The lowest BCUT2D eigenvalue weighted by Gasteiger charge is -2.36. The molecule has 3 aromatic rings. The summed E-state index contributed by atoms with van der Waals surface area (Å²) in [5.74, 6) is -1.90. The van der Waals surface area contributed by atoms with Crippen molar-refractivity contribution in [1.29, 1.82) is 0 Å². The molecule has 7 heterocycles. The molecule has 0 unspecified atom stereocenters. The highest BCUT2D eigenvalue weighted by Gasteiger charge is 2.42. The number of aromatic nitrogens is 2. The second-order valence-electron chi connectivity index (χ2n) is 12.9. The molecular weight excluding hydrogens is 544 g/mol. The highest BCUT2D eigenvalue weighted by atomic mass is 19.3. The lowest BCUT2D eigenvalue weighted by molar-refractivity contribution is -0.0855. The third-order valence-corrected chi connectivity index (χ3v) is 9.84. The fourth-order valence-electron chi connectivity index (χ4n) is 7.11. The molecule has 1 atom stereocenters. The van der Waals surface area contributed by atoms with Crippen LogP contribution in [0.1, 0.15) is 94.0 Å². The smallest absolute Gasteiger partial charge is 0.276 e. The van der Waals surface area contributed by atoms with Crippen molar-refractivity contribution in [2.75, 3.05) is 49.5 Å². The van der Waals surface area contributed by atoms with E-state index >= 15 is 8.78 Å². The van der Waals surface area contributed by atoms with Gasteiger partial charge in [-0.15, -0.1) is 5.10 Å². The lowest BCUT2D eigenvalue weighted by Crippen LogP contribution is -2.40. The molecule has 9 rings (SSSR count). The van der Waals surface area contributed by atoms with Gasteiger partial charge in [-0.3, -0.25) is 0 Å². The van der Waals surface area contributed by atoms with Gasteiger partial charge in [0.25, 0.3) is 5.92 Å². The fourth-order valence-corrected chi connectivity index (χ4v) is 7.11. The van der Waals surface area contributed by atoms with E-state index in [1.165, 1.54) is 32.1 Å². The predicted octanol–water partition coefficient (Wildman–Crippen LogP) is 8.25. The molecule has 2 fully saturated rings. The largest absolute Gasteiger partial charge is 0.491 e. The topological polar surface area (TPSA) is 53.5 Å². The average molecular weight is 592 g/mol. The van der Waals surface area contributed by atoms with Crippen molar-refractivity contribution < 1.29 is 13.5 Å².